The predicted molar refractivity (Wildman–Crippen MR) is 149 cm³/mol. The van der Waals surface area contributed by atoms with Gasteiger partial charge >= 0.3 is 0 Å². The van der Waals surface area contributed by atoms with E-state index in [0.29, 0.717) is 34.4 Å². The number of carbonyl (C=O) groups is 1. The van der Waals surface area contributed by atoms with E-state index in [-0.39, 0.29) is 23.9 Å². The van der Waals surface area contributed by atoms with Crippen molar-refractivity contribution in [3.63, 3.8) is 0 Å². The molecule has 0 aliphatic carbocycles. The number of hydrogen-bond donors (Lipinski definition) is 1. The predicted octanol–water partition coefficient (Wildman–Crippen LogP) is 6.03. The summed E-state index contributed by atoms with van der Waals surface area (Å²) < 4.78 is 34.0. The van der Waals surface area contributed by atoms with Crippen LogP contribution in [0.1, 0.15) is 42.6 Å². The minimum absolute atomic E-state index is 0.00495. The number of benzene rings is 3. The second kappa shape index (κ2) is 12.2. The molecule has 3 aromatic carbocycles. The summed E-state index contributed by atoms with van der Waals surface area (Å²) in [6.45, 7) is 3.60. The molecule has 0 bridgehead atoms. The van der Waals surface area contributed by atoms with Crippen LogP contribution in [0.2, 0.25) is 5.02 Å². The Labute approximate surface area is 235 Å². The highest BCUT2D eigenvalue weighted by Crippen LogP contribution is 2.22. The molecule has 0 aliphatic rings. The molecule has 0 fully saturated rings. The Morgan fingerprint density at radius 3 is 2.24 bits per heavy atom. The van der Waals surface area contributed by atoms with Crippen LogP contribution in [-0.2, 0) is 27.8 Å². The molecule has 1 heterocycles. The van der Waals surface area contributed by atoms with Gasteiger partial charge in [-0.15, -0.1) is 0 Å². The van der Waals surface area contributed by atoms with Crippen molar-refractivity contribution in [2.24, 2.45) is 0 Å². The lowest BCUT2D eigenvalue weighted by atomic mass is 10.1. The van der Waals surface area contributed by atoms with E-state index in [1.165, 1.54) is 12.1 Å². The molecule has 0 spiro atoms. The Morgan fingerprint density at radius 2 is 1.63 bits per heavy atom. The molecular weight excluding hydrogens is 592 g/mol. The van der Waals surface area contributed by atoms with Gasteiger partial charge in [0.1, 0.15) is 0 Å². The minimum Gasteiger partial charge on any atom is -0.339 e. The molecule has 198 valence electrons. The summed E-state index contributed by atoms with van der Waals surface area (Å²) in [4.78, 5) is 17.4. The summed E-state index contributed by atoms with van der Waals surface area (Å²) in [5.74, 6) is 0.861. The molecule has 11 heteroatoms. The van der Waals surface area contributed by atoms with Gasteiger partial charge in [0.25, 0.3) is 0 Å². The molecule has 0 unspecified atom stereocenters. The van der Waals surface area contributed by atoms with Gasteiger partial charge in [0.15, 0.2) is 5.82 Å². The van der Waals surface area contributed by atoms with Crippen molar-refractivity contribution >= 4 is 49.1 Å². The van der Waals surface area contributed by atoms with Gasteiger partial charge in [0.05, 0.1) is 11.4 Å². The maximum Gasteiger partial charge on any atom is 0.243 e. The molecular formula is C27H26BrClN4O4S. The molecule has 4 rings (SSSR count). The molecule has 8 nitrogen and oxygen atoms in total. The van der Waals surface area contributed by atoms with E-state index in [1.54, 1.807) is 48.5 Å². The third-order valence-electron chi connectivity index (χ3n) is 5.62. The molecule has 1 aromatic heterocycles. The minimum atomic E-state index is -3.96. The summed E-state index contributed by atoms with van der Waals surface area (Å²) in [6, 6.07) is 20.3. The number of nitrogens with zero attached hydrogens (tertiary/aromatic N) is 3. The number of aromatic nitrogens is 2. The van der Waals surface area contributed by atoms with Gasteiger partial charge in [-0.3, -0.25) is 4.79 Å². The average Bonchev–Trinajstić information content (AvgIpc) is 3.35. The summed E-state index contributed by atoms with van der Waals surface area (Å²) in [5.41, 5.74) is 2.19. The fourth-order valence-corrected chi connectivity index (χ4v) is 5.37. The average molecular weight is 618 g/mol. The van der Waals surface area contributed by atoms with Crippen molar-refractivity contribution < 1.29 is 17.7 Å². The van der Waals surface area contributed by atoms with Crippen LogP contribution in [-0.4, -0.2) is 35.3 Å². The van der Waals surface area contributed by atoms with Gasteiger partial charge in [-0.25, -0.2) is 8.42 Å². The lowest BCUT2D eigenvalue weighted by molar-refractivity contribution is -0.116. The van der Waals surface area contributed by atoms with E-state index in [1.807, 2.05) is 26.0 Å². The van der Waals surface area contributed by atoms with Crippen LogP contribution in [0.3, 0.4) is 0 Å². The van der Waals surface area contributed by atoms with E-state index < -0.39 is 15.9 Å². The van der Waals surface area contributed by atoms with Gasteiger partial charge < -0.3 is 9.84 Å². The van der Waals surface area contributed by atoms with Gasteiger partial charge in [-0.1, -0.05) is 70.8 Å². The Hall–Kier alpha value is -3.05. The number of halogens is 2. The Morgan fingerprint density at radius 1 is 1.00 bits per heavy atom. The van der Waals surface area contributed by atoms with Crippen LogP contribution in [0.15, 0.2) is 86.7 Å². The fourth-order valence-electron chi connectivity index (χ4n) is 3.60. The van der Waals surface area contributed by atoms with Crippen LogP contribution < -0.4 is 5.32 Å². The molecule has 0 saturated carbocycles. The maximum atomic E-state index is 13.4. The molecule has 38 heavy (non-hydrogen) atoms. The molecule has 0 radical (unpaired) electrons. The first kappa shape index (κ1) is 28.0. The van der Waals surface area contributed by atoms with Crippen molar-refractivity contribution in [3.8, 4) is 0 Å². The normalized spacial score (nSPS) is 11.7. The first-order chi connectivity index (χ1) is 18.1. The lowest BCUT2D eigenvalue weighted by Gasteiger charge is -2.22. The SMILES string of the molecule is CC(C)c1nc(Cc2ccc(NC(=O)CN(Cc3ccc(Cl)cc3)S(=O)(=O)c3ccc(Br)cc3)cc2)no1. The Kier molecular flexibility index (Phi) is 8.99. The summed E-state index contributed by atoms with van der Waals surface area (Å²) >= 11 is 9.30. The molecule has 4 aromatic rings. The zero-order valence-corrected chi connectivity index (χ0v) is 23.9. The summed E-state index contributed by atoms with van der Waals surface area (Å²) in [6.07, 6.45) is 0.491. The monoisotopic (exact) mass is 616 g/mol. The van der Waals surface area contributed by atoms with E-state index in [4.69, 9.17) is 16.1 Å². The number of carbonyl (C=O) groups excluding carboxylic acids is 1. The van der Waals surface area contributed by atoms with Gasteiger partial charge in [-0.2, -0.15) is 9.29 Å². The zero-order chi connectivity index (χ0) is 27.3. The highest BCUT2D eigenvalue weighted by atomic mass is 79.9. The molecule has 0 aliphatic heterocycles. The summed E-state index contributed by atoms with van der Waals surface area (Å²) in [5, 5.41) is 7.33. The van der Waals surface area contributed by atoms with Crippen molar-refractivity contribution in [1.29, 1.82) is 0 Å². The van der Waals surface area contributed by atoms with Gasteiger partial charge in [-0.05, 0) is 59.7 Å². The molecule has 1 amide bonds. The second-order valence-electron chi connectivity index (χ2n) is 8.98. The first-order valence-electron chi connectivity index (χ1n) is 11.8. The highest BCUT2D eigenvalue weighted by molar-refractivity contribution is 9.10. The standard InChI is InChI=1S/C27H26BrClN4O4S/c1-18(2)27-31-25(32-37-27)15-19-5-11-23(12-6-19)30-26(34)17-33(16-20-3-9-22(29)10-4-20)38(35,36)24-13-7-21(28)8-14-24/h3-14,18H,15-17H2,1-2H3,(H,30,34). The van der Waals surface area contributed by atoms with Gasteiger partial charge in [0.2, 0.25) is 21.8 Å². The number of anilines is 1. The van der Waals surface area contributed by atoms with E-state index in [2.05, 4.69) is 31.4 Å². The van der Waals surface area contributed by atoms with Crippen LogP contribution in [0, 0.1) is 0 Å². The van der Waals surface area contributed by atoms with Crippen molar-refractivity contribution in [2.45, 2.75) is 37.6 Å². The Bertz CT molecular complexity index is 1490. The van der Waals surface area contributed by atoms with Crippen LogP contribution in [0.25, 0.3) is 0 Å². The quantitative estimate of drug-likeness (QED) is 0.233. The van der Waals surface area contributed by atoms with Gasteiger partial charge in [0, 0.05) is 34.1 Å². The Balaban J connectivity index is 1.47. The smallest absolute Gasteiger partial charge is 0.243 e. The summed E-state index contributed by atoms with van der Waals surface area (Å²) in [7, 11) is -3.96. The first-order valence-corrected chi connectivity index (χ1v) is 14.4. The maximum absolute atomic E-state index is 13.4. The topological polar surface area (TPSA) is 105 Å². The number of sulfonamides is 1. The fraction of sp³-hybridized carbons (Fsp3) is 0.222. The molecule has 0 atom stereocenters. The number of amides is 1. The van der Waals surface area contributed by atoms with E-state index in [0.717, 1.165) is 14.3 Å². The largest absolute Gasteiger partial charge is 0.339 e. The number of rotatable bonds is 10. The molecule has 0 saturated heterocycles. The second-order valence-corrected chi connectivity index (χ2v) is 12.3. The highest BCUT2D eigenvalue weighted by Gasteiger charge is 2.27. The number of hydrogen-bond acceptors (Lipinski definition) is 6. The lowest BCUT2D eigenvalue weighted by Crippen LogP contribution is -2.37. The molecule has 1 N–H and O–H groups in total. The van der Waals surface area contributed by atoms with Crippen molar-refractivity contribution in [3.05, 3.63) is 105 Å². The zero-order valence-electron chi connectivity index (χ0n) is 20.8. The van der Waals surface area contributed by atoms with Crippen molar-refractivity contribution in [2.75, 3.05) is 11.9 Å². The van der Waals surface area contributed by atoms with Crippen molar-refractivity contribution in [1.82, 2.24) is 14.4 Å². The number of nitrogens with one attached hydrogen (secondary N) is 1. The van der Waals surface area contributed by atoms with E-state index in [9.17, 15) is 13.2 Å². The van der Waals surface area contributed by atoms with Crippen LogP contribution >= 0.6 is 27.5 Å². The van der Waals surface area contributed by atoms with Crippen LogP contribution in [0.5, 0.6) is 0 Å². The van der Waals surface area contributed by atoms with Crippen LogP contribution in [0.4, 0.5) is 5.69 Å². The third-order valence-corrected chi connectivity index (χ3v) is 8.21. The third kappa shape index (κ3) is 7.28. The van der Waals surface area contributed by atoms with E-state index >= 15 is 0 Å².